The molecule has 1 amide bonds. The van der Waals surface area contributed by atoms with Crippen LogP contribution >= 0.6 is 0 Å². The van der Waals surface area contributed by atoms with Crippen molar-refractivity contribution in [3.05, 3.63) is 46.4 Å². The third-order valence-corrected chi connectivity index (χ3v) is 6.82. The Morgan fingerprint density at radius 2 is 1.89 bits per heavy atom. The number of ether oxygens (including phenoxy) is 2. The number of methoxy groups -OCH3 is 1. The summed E-state index contributed by atoms with van der Waals surface area (Å²) < 4.78 is 16.5. The lowest BCUT2D eigenvalue weighted by Crippen LogP contribution is -2.51. The smallest absolute Gasteiger partial charge is 0.347 e. The van der Waals surface area contributed by atoms with E-state index < -0.39 is 5.63 Å². The van der Waals surface area contributed by atoms with Gasteiger partial charge < -0.3 is 23.7 Å². The highest BCUT2D eigenvalue weighted by atomic mass is 16.5. The van der Waals surface area contributed by atoms with Crippen LogP contribution in [0.2, 0.25) is 0 Å². The molecule has 1 aromatic carbocycles. The second kappa shape index (κ2) is 10.6. The number of fused-ring (bicyclic) bond motifs is 1. The number of hydrogen-bond donors (Lipinski definition) is 0. The predicted molar refractivity (Wildman–Crippen MR) is 135 cm³/mol. The Morgan fingerprint density at radius 1 is 1.11 bits per heavy atom. The first-order valence-electron chi connectivity index (χ1n) is 12.4. The fourth-order valence-corrected chi connectivity index (χ4v) is 4.80. The molecule has 2 saturated heterocycles. The molecule has 0 saturated carbocycles. The van der Waals surface area contributed by atoms with E-state index in [0.29, 0.717) is 80.4 Å². The van der Waals surface area contributed by atoms with Crippen LogP contribution in [0.1, 0.15) is 12.5 Å². The van der Waals surface area contributed by atoms with E-state index >= 15 is 0 Å². The summed E-state index contributed by atoms with van der Waals surface area (Å²) in [7, 11) is 1.60. The van der Waals surface area contributed by atoms with E-state index in [0.717, 1.165) is 18.7 Å². The number of piperazine rings is 1. The van der Waals surface area contributed by atoms with Gasteiger partial charge in [0.1, 0.15) is 11.6 Å². The molecule has 2 aliphatic heterocycles. The number of carbonyl (C=O) groups excluding carboxylic acids is 1. The molecule has 5 rings (SSSR count). The van der Waals surface area contributed by atoms with E-state index in [2.05, 4.69) is 14.8 Å². The number of hydrogen-bond acceptors (Lipinski definition) is 9. The van der Waals surface area contributed by atoms with Crippen LogP contribution in [0.5, 0.6) is 5.75 Å². The first kappa shape index (κ1) is 24.2. The number of carbonyl (C=O) groups is 1. The van der Waals surface area contributed by atoms with Crippen molar-refractivity contribution in [2.24, 2.45) is 0 Å². The van der Waals surface area contributed by atoms with Gasteiger partial charge in [0.05, 0.1) is 43.3 Å². The highest BCUT2D eigenvalue weighted by Gasteiger charge is 2.26. The third kappa shape index (κ3) is 4.91. The zero-order valence-electron chi connectivity index (χ0n) is 20.7. The number of aromatic nitrogens is 2. The summed E-state index contributed by atoms with van der Waals surface area (Å²) in [5, 5.41) is 0.478. The number of pyridine rings is 1. The lowest BCUT2D eigenvalue weighted by molar-refractivity contribution is -0.136. The number of aryl methyl sites for hydroxylation is 1. The minimum Gasteiger partial charge on any atom is -0.497 e. The van der Waals surface area contributed by atoms with Crippen LogP contribution in [0.3, 0.4) is 0 Å². The van der Waals surface area contributed by atoms with E-state index in [9.17, 15) is 9.59 Å². The summed E-state index contributed by atoms with van der Waals surface area (Å²) in [4.78, 5) is 41.1. The zero-order valence-corrected chi connectivity index (χ0v) is 20.7. The van der Waals surface area contributed by atoms with Gasteiger partial charge in [0, 0.05) is 51.5 Å². The molecule has 0 N–H and O–H groups in total. The Morgan fingerprint density at radius 3 is 2.61 bits per heavy atom. The van der Waals surface area contributed by atoms with Crippen molar-refractivity contribution >= 4 is 22.6 Å². The van der Waals surface area contributed by atoms with Gasteiger partial charge in [-0.1, -0.05) is 6.92 Å². The maximum absolute atomic E-state index is 13.0. The fourth-order valence-electron chi connectivity index (χ4n) is 4.80. The Balaban J connectivity index is 1.36. The molecule has 0 radical (unpaired) electrons. The minimum atomic E-state index is -0.421. The average molecular weight is 494 g/mol. The van der Waals surface area contributed by atoms with E-state index in [1.807, 2.05) is 30.0 Å². The number of amides is 1. The molecule has 0 atom stereocenters. The molecular formula is C26H31N5O5. The Kier molecular flexibility index (Phi) is 7.15. The van der Waals surface area contributed by atoms with Crippen molar-refractivity contribution in [2.45, 2.75) is 13.3 Å². The van der Waals surface area contributed by atoms with Gasteiger partial charge in [-0.15, -0.1) is 0 Å². The van der Waals surface area contributed by atoms with Gasteiger partial charge in [0.15, 0.2) is 0 Å². The lowest BCUT2D eigenvalue weighted by atomic mass is 10.1. The second-order valence-electron chi connectivity index (χ2n) is 8.97. The highest BCUT2D eigenvalue weighted by Crippen LogP contribution is 2.30. The molecular weight excluding hydrogens is 462 g/mol. The van der Waals surface area contributed by atoms with Crippen LogP contribution in [0.25, 0.3) is 22.4 Å². The van der Waals surface area contributed by atoms with Crippen molar-refractivity contribution in [1.82, 2.24) is 19.8 Å². The molecule has 0 spiro atoms. The number of rotatable bonds is 6. The monoisotopic (exact) mass is 493 g/mol. The van der Waals surface area contributed by atoms with E-state index in [4.69, 9.17) is 18.9 Å². The van der Waals surface area contributed by atoms with Crippen molar-refractivity contribution in [2.75, 3.05) is 71.0 Å². The molecule has 4 heterocycles. The van der Waals surface area contributed by atoms with Crippen molar-refractivity contribution < 1.29 is 18.7 Å². The predicted octanol–water partition coefficient (Wildman–Crippen LogP) is 1.80. The van der Waals surface area contributed by atoms with Gasteiger partial charge in [-0.05, 0) is 30.2 Å². The van der Waals surface area contributed by atoms with Crippen LogP contribution in [-0.4, -0.2) is 91.8 Å². The SMILES string of the molecule is CCc1cc(OC)cc2nc(-c3cccnc3N3CCN(CC(=O)N4CCOCC4)CC3)oc(=O)c12. The van der Waals surface area contributed by atoms with Crippen LogP contribution in [0, 0.1) is 0 Å². The maximum atomic E-state index is 13.0. The molecule has 10 nitrogen and oxygen atoms in total. The van der Waals surface area contributed by atoms with Gasteiger partial charge in [-0.3, -0.25) is 9.69 Å². The lowest BCUT2D eigenvalue weighted by Gasteiger charge is -2.37. The van der Waals surface area contributed by atoms with Crippen LogP contribution in [-0.2, 0) is 16.0 Å². The minimum absolute atomic E-state index is 0.147. The summed E-state index contributed by atoms with van der Waals surface area (Å²) in [5.41, 5.74) is 1.62. The molecule has 0 unspecified atom stereocenters. The van der Waals surface area contributed by atoms with Crippen LogP contribution in [0.15, 0.2) is 39.7 Å². The molecule has 3 aromatic rings. The average Bonchev–Trinajstić information content (AvgIpc) is 2.93. The number of morpholine rings is 1. The van der Waals surface area contributed by atoms with E-state index in [-0.39, 0.29) is 11.8 Å². The molecule has 2 aliphatic rings. The molecule has 0 bridgehead atoms. The summed E-state index contributed by atoms with van der Waals surface area (Å²) in [6.07, 6.45) is 2.39. The molecule has 2 fully saturated rings. The number of benzene rings is 1. The Hall–Kier alpha value is -3.50. The van der Waals surface area contributed by atoms with Crippen molar-refractivity contribution in [3.8, 4) is 17.2 Å². The standard InChI is InChI=1S/C26H31N5O5/c1-3-18-15-19(34-2)16-21-23(18)26(33)36-25(28-21)20-5-4-6-27-24(20)31-9-7-29(8-10-31)17-22(32)30-11-13-35-14-12-30/h4-6,15-16H,3,7-14,17H2,1-2H3. The summed E-state index contributed by atoms with van der Waals surface area (Å²) >= 11 is 0. The first-order chi connectivity index (χ1) is 17.6. The molecule has 0 aliphatic carbocycles. The molecule has 36 heavy (non-hydrogen) atoms. The van der Waals surface area contributed by atoms with Gasteiger partial charge in [0.25, 0.3) is 0 Å². The summed E-state index contributed by atoms with van der Waals surface area (Å²) in [6.45, 7) is 7.79. The Bertz CT molecular complexity index is 1300. The largest absolute Gasteiger partial charge is 0.497 e. The van der Waals surface area contributed by atoms with Crippen molar-refractivity contribution in [3.63, 3.8) is 0 Å². The maximum Gasteiger partial charge on any atom is 0.347 e. The van der Waals surface area contributed by atoms with E-state index in [1.165, 1.54) is 0 Å². The molecule has 10 heteroatoms. The zero-order chi connectivity index (χ0) is 25.1. The molecule has 190 valence electrons. The van der Waals surface area contributed by atoms with Crippen LogP contribution in [0.4, 0.5) is 5.82 Å². The van der Waals surface area contributed by atoms with Gasteiger partial charge in [-0.25, -0.2) is 14.8 Å². The molecule has 2 aromatic heterocycles. The van der Waals surface area contributed by atoms with Gasteiger partial charge in [0.2, 0.25) is 11.8 Å². The number of nitrogens with zero attached hydrogens (tertiary/aromatic N) is 5. The second-order valence-corrected chi connectivity index (χ2v) is 8.97. The van der Waals surface area contributed by atoms with Crippen LogP contribution < -0.4 is 15.3 Å². The quantitative estimate of drug-likeness (QED) is 0.509. The van der Waals surface area contributed by atoms with Gasteiger partial charge in [-0.2, -0.15) is 0 Å². The third-order valence-electron chi connectivity index (χ3n) is 6.82. The summed E-state index contributed by atoms with van der Waals surface area (Å²) in [6, 6.07) is 7.29. The number of anilines is 1. The Labute approximate surface area is 209 Å². The van der Waals surface area contributed by atoms with Gasteiger partial charge >= 0.3 is 5.63 Å². The topological polar surface area (TPSA) is 101 Å². The first-order valence-corrected chi connectivity index (χ1v) is 12.4. The normalized spacial score (nSPS) is 16.9. The van der Waals surface area contributed by atoms with Crippen molar-refractivity contribution in [1.29, 1.82) is 0 Å². The fraction of sp³-hybridized carbons (Fsp3) is 0.462. The summed E-state index contributed by atoms with van der Waals surface area (Å²) in [5.74, 6) is 1.74. The van der Waals surface area contributed by atoms with E-state index in [1.54, 1.807) is 19.4 Å². The highest BCUT2D eigenvalue weighted by molar-refractivity contribution is 5.84.